The Labute approximate surface area is 161 Å². The van der Waals surface area contributed by atoms with Crippen LogP contribution in [0.5, 0.6) is 0 Å². The highest BCUT2D eigenvalue weighted by Gasteiger charge is 2.15. The summed E-state index contributed by atoms with van der Waals surface area (Å²) in [5, 5.41) is 7.47. The Morgan fingerprint density at radius 1 is 1.07 bits per heavy atom. The van der Waals surface area contributed by atoms with Gasteiger partial charge in [0.2, 0.25) is 5.91 Å². The minimum absolute atomic E-state index is 0.0965. The van der Waals surface area contributed by atoms with Crippen LogP contribution in [0.4, 0.5) is 0 Å². The maximum Gasteiger partial charge on any atom is 0.420 e. The molecule has 0 aliphatic heterocycles. The van der Waals surface area contributed by atoms with E-state index >= 15 is 0 Å². The summed E-state index contributed by atoms with van der Waals surface area (Å²) in [6, 6.07) is 16.9. The van der Waals surface area contributed by atoms with E-state index in [2.05, 4.69) is 10.4 Å². The lowest BCUT2D eigenvalue weighted by Gasteiger charge is -2.07. The first kappa shape index (κ1) is 17.8. The Balaban J connectivity index is 1.50. The highest BCUT2D eigenvalue weighted by atomic mass is 16.4. The first-order valence-electron chi connectivity index (χ1n) is 9.00. The minimum atomic E-state index is -0.541. The van der Waals surface area contributed by atoms with Crippen LogP contribution < -0.4 is 11.1 Å². The Morgan fingerprint density at radius 3 is 2.57 bits per heavy atom. The molecule has 0 saturated carbocycles. The van der Waals surface area contributed by atoms with Gasteiger partial charge in [-0.2, -0.15) is 5.10 Å². The van der Waals surface area contributed by atoms with Crippen LogP contribution >= 0.6 is 0 Å². The van der Waals surface area contributed by atoms with E-state index in [1.54, 1.807) is 24.3 Å². The van der Waals surface area contributed by atoms with Crippen LogP contribution in [0, 0.1) is 13.8 Å². The predicted molar refractivity (Wildman–Crippen MR) is 105 cm³/mol. The molecular weight excluding hydrogens is 356 g/mol. The average molecular weight is 376 g/mol. The van der Waals surface area contributed by atoms with Crippen molar-refractivity contribution < 1.29 is 9.21 Å². The van der Waals surface area contributed by atoms with Gasteiger partial charge in [-0.25, -0.2) is 9.48 Å². The summed E-state index contributed by atoms with van der Waals surface area (Å²) in [4.78, 5) is 24.5. The third kappa shape index (κ3) is 3.22. The summed E-state index contributed by atoms with van der Waals surface area (Å²) in [6.07, 6.45) is 0. The van der Waals surface area contributed by atoms with E-state index in [4.69, 9.17) is 4.42 Å². The van der Waals surface area contributed by atoms with Gasteiger partial charge >= 0.3 is 5.76 Å². The first-order valence-corrected chi connectivity index (χ1v) is 9.00. The Bertz CT molecular complexity index is 1200. The van der Waals surface area contributed by atoms with Crippen molar-refractivity contribution in [3.8, 4) is 5.69 Å². The van der Waals surface area contributed by atoms with Gasteiger partial charge in [-0.3, -0.25) is 9.36 Å². The van der Waals surface area contributed by atoms with Crippen LogP contribution in [0.3, 0.4) is 0 Å². The fourth-order valence-corrected chi connectivity index (χ4v) is 3.30. The van der Waals surface area contributed by atoms with Crippen LogP contribution in [0.25, 0.3) is 16.8 Å². The highest BCUT2D eigenvalue weighted by molar-refractivity contribution is 5.79. The molecule has 0 fully saturated rings. The molecule has 1 N–H and O–H groups in total. The minimum Gasteiger partial charge on any atom is -0.408 e. The van der Waals surface area contributed by atoms with Crippen molar-refractivity contribution in [2.75, 3.05) is 0 Å². The van der Waals surface area contributed by atoms with Crippen molar-refractivity contribution >= 4 is 17.0 Å². The fourth-order valence-electron chi connectivity index (χ4n) is 3.30. The van der Waals surface area contributed by atoms with Crippen molar-refractivity contribution in [2.45, 2.75) is 26.9 Å². The number of nitrogens with one attached hydrogen (secondary N) is 1. The molecular formula is C21H20N4O3. The third-order valence-corrected chi connectivity index (χ3v) is 4.78. The molecule has 1 amide bonds. The van der Waals surface area contributed by atoms with Crippen LogP contribution in [0.1, 0.15) is 17.0 Å². The third-order valence-electron chi connectivity index (χ3n) is 4.78. The maximum atomic E-state index is 12.4. The van der Waals surface area contributed by atoms with Gasteiger partial charge in [0, 0.05) is 17.8 Å². The number of aryl methyl sites for hydroxylation is 1. The number of nitrogens with zero attached hydrogens (tertiary/aromatic N) is 3. The van der Waals surface area contributed by atoms with E-state index in [-0.39, 0.29) is 12.5 Å². The molecule has 0 bridgehead atoms. The number of benzene rings is 2. The maximum absolute atomic E-state index is 12.4. The van der Waals surface area contributed by atoms with Crippen molar-refractivity contribution in [2.24, 2.45) is 0 Å². The second-order valence-electron chi connectivity index (χ2n) is 6.60. The standard InChI is InChI=1S/C21H20N4O3/c1-14-17(15(2)25(23-14)16-8-4-3-5-9-16)12-22-20(26)13-24-18-10-6-7-11-19(18)28-21(24)27/h3-11H,12-13H2,1-2H3,(H,22,26). The fraction of sp³-hybridized carbons (Fsp3) is 0.190. The number of amides is 1. The number of para-hydroxylation sites is 3. The number of hydrogen-bond acceptors (Lipinski definition) is 4. The second kappa shape index (κ2) is 7.19. The molecule has 2 heterocycles. The van der Waals surface area contributed by atoms with Crippen LogP contribution in [-0.2, 0) is 17.9 Å². The summed E-state index contributed by atoms with van der Waals surface area (Å²) in [6.45, 7) is 4.14. The smallest absolute Gasteiger partial charge is 0.408 e. The van der Waals surface area contributed by atoms with Gasteiger partial charge in [0.25, 0.3) is 0 Å². The van der Waals surface area contributed by atoms with E-state index in [1.807, 2.05) is 48.9 Å². The van der Waals surface area contributed by atoms with Gasteiger partial charge in [-0.1, -0.05) is 30.3 Å². The molecule has 2 aromatic heterocycles. The van der Waals surface area contributed by atoms with Gasteiger partial charge in [-0.15, -0.1) is 0 Å². The topological polar surface area (TPSA) is 82.1 Å². The Morgan fingerprint density at radius 2 is 1.79 bits per heavy atom. The van der Waals surface area contributed by atoms with Crippen LogP contribution in [0.2, 0.25) is 0 Å². The molecule has 4 rings (SSSR count). The molecule has 142 valence electrons. The second-order valence-corrected chi connectivity index (χ2v) is 6.60. The molecule has 0 aliphatic rings. The summed E-state index contributed by atoms with van der Waals surface area (Å²) >= 11 is 0. The summed E-state index contributed by atoms with van der Waals surface area (Å²) in [5.74, 6) is -0.805. The molecule has 0 spiro atoms. The molecule has 28 heavy (non-hydrogen) atoms. The molecule has 0 aliphatic carbocycles. The van der Waals surface area contributed by atoms with Gasteiger partial charge in [0.1, 0.15) is 6.54 Å². The lowest BCUT2D eigenvalue weighted by Crippen LogP contribution is -2.30. The largest absolute Gasteiger partial charge is 0.420 e. The summed E-state index contributed by atoms with van der Waals surface area (Å²) < 4.78 is 8.36. The predicted octanol–water partition coefficient (Wildman–Crippen LogP) is 2.71. The number of carbonyl (C=O) groups is 1. The highest BCUT2D eigenvalue weighted by Crippen LogP contribution is 2.17. The van der Waals surface area contributed by atoms with E-state index in [0.717, 1.165) is 22.6 Å². The molecule has 7 heteroatoms. The summed E-state index contributed by atoms with van der Waals surface area (Å²) in [7, 11) is 0. The van der Waals surface area contributed by atoms with Crippen molar-refractivity contribution in [1.29, 1.82) is 0 Å². The zero-order valence-corrected chi connectivity index (χ0v) is 15.7. The molecule has 7 nitrogen and oxygen atoms in total. The lowest BCUT2D eigenvalue weighted by atomic mass is 10.2. The van der Waals surface area contributed by atoms with E-state index in [1.165, 1.54) is 4.57 Å². The number of rotatable bonds is 5. The first-order chi connectivity index (χ1) is 13.5. The van der Waals surface area contributed by atoms with Crippen molar-refractivity contribution in [3.63, 3.8) is 0 Å². The van der Waals surface area contributed by atoms with Gasteiger partial charge in [0.15, 0.2) is 5.58 Å². The number of aromatic nitrogens is 3. The molecule has 0 unspecified atom stereocenters. The van der Waals surface area contributed by atoms with Gasteiger partial charge < -0.3 is 9.73 Å². The molecule has 2 aromatic carbocycles. The normalized spacial score (nSPS) is 11.1. The van der Waals surface area contributed by atoms with Crippen LogP contribution in [0.15, 0.2) is 63.8 Å². The quantitative estimate of drug-likeness (QED) is 0.581. The van der Waals surface area contributed by atoms with Gasteiger partial charge in [0.05, 0.1) is 16.9 Å². The van der Waals surface area contributed by atoms with E-state index in [0.29, 0.717) is 17.6 Å². The number of oxazole rings is 1. The zero-order chi connectivity index (χ0) is 19.7. The van der Waals surface area contributed by atoms with Crippen LogP contribution in [-0.4, -0.2) is 20.3 Å². The van der Waals surface area contributed by atoms with Gasteiger partial charge in [-0.05, 0) is 38.1 Å². The van der Waals surface area contributed by atoms with E-state index < -0.39 is 5.76 Å². The Hall–Kier alpha value is -3.61. The number of carbonyl (C=O) groups excluding carboxylic acids is 1. The SMILES string of the molecule is Cc1nn(-c2ccccc2)c(C)c1CNC(=O)Cn1c(=O)oc2ccccc21. The summed E-state index contributed by atoms with van der Waals surface area (Å²) in [5.41, 5.74) is 4.82. The Kier molecular flexibility index (Phi) is 4.57. The van der Waals surface area contributed by atoms with E-state index in [9.17, 15) is 9.59 Å². The lowest BCUT2D eigenvalue weighted by molar-refractivity contribution is -0.121. The molecule has 0 radical (unpaired) electrons. The molecule has 0 atom stereocenters. The van der Waals surface area contributed by atoms with Crippen molar-refractivity contribution in [1.82, 2.24) is 19.7 Å². The number of fused-ring (bicyclic) bond motifs is 1. The zero-order valence-electron chi connectivity index (χ0n) is 15.7. The molecule has 4 aromatic rings. The molecule has 0 saturated heterocycles. The van der Waals surface area contributed by atoms with Crippen molar-refractivity contribution in [3.05, 3.63) is 82.1 Å². The number of hydrogen-bond donors (Lipinski definition) is 1. The monoisotopic (exact) mass is 376 g/mol. The average Bonchev–Trinajstić information content (AvgIpc) is 3.17.